The number of aromatic nitrogens is 2. The predicted molar refractivity (Wildman–Crippen MR) is 72.0 cm³/mol. The average molecular weight is 254 g/mol. The minimum Gasteiger partial charge on any atom is -0.287 e. The summed E-state index contributed by atoms with van der Waals surface area (Å²) in [5.41, 5.74) is 1.89. The van der Waals surface area contributed by atoms with Crippen molar-refractivity contribution in [1.29, 1.82) is 0 Å². The van der Waals surface area contributed by atoms with E-state index < -0.39 is 0 Å². The van der Waals surface area contributed by atoms with Crippen molar-refractivity contribution in [3.8, 4) is 0 Å². The van der Waals surface area contributed by atoms with Gasteiger partial charge in [-0.1, -0.05) is 12.1 Å². The van der Waals surface area contributed by atoms with Gasteiger partial charge in [0.1, 0.15) is 5.69 Å². The van der Waals surface area contributed by atoms with Gasteiger partial charge in [0.25, 0.3) is 0 Å². The third-order valence-corrected chi connectivity index (χ3v) is 3.70. The molecule has 0 spiro atoms. The SMILES string of the molecule is Cc1cnc(C(=O)c2cccc3ccsc23)cn1. The number of benzene rings is 1. The molecule has 0 fully saturated rings. The van der Waals surface area contributed by atoms with Crippen LogP contribution in [0.1, 0.15) is 21.7 Å². The van der Waals surface area contributed by atoms with Gasteiger partial charge in [-0.2, -0.15) is 0 Å². The van der Waals surface area contributed by atoms with Crippen LogP contribution >= 0.6 is 11.3 Å². The summed E-state index contributed by atoms with van der Waals surface area (Å²) in [5, 5.41) is 3.08. The Balaban J connectivity index is 2.12. The second-order valence-corrected chi connectivity index (χ2v) is 4.93. The molecule has 3 aromatic rings. The molecule has 0 aliphatic heterocycles. The summed E-state index contributed by atoms with van der Waals surface area (Å²) in [4.78, 5) is 20.6. The van der Waals surface area contributed by atoms with E-state index in [1.54, 1.807) is 17.5 Å². The zero-order valence-corrected chi connectivity index (χ0v) is 10.6. The maximum absolute atomic E-state index is 12.4. The molecule has 3 rings (SSSR count). The van der Waals surface area contributed by atoms with Crippen molar-refractivity contribution in [1.82, 2.24) is 9.97 Å². The van der Waals surface area contributed by atoms with Crippen molar-refractivity contribution in [3.63, 3.8) is 0 Å². The van der Waals surface area contributed by atoms with Gasteiger partial charge in [-0.05, 0) is 29.8 Å². The minimum absolute atomic E-state index is 0.0736. The molecule has 2 aromatic heterocycles. The molecule has 0 atom stereocenters. The van der Waals surface area contributed by atoms with Gasteiger partial charge in [-0.15, -0.1) is 11.3 Å². The summed E-state index contributed by atoms with van der Waals surface area (Å²) < 4.78 is 1.00. The summed E-state index contributed by atoms with van der Waals surface area (Å²) in [7, 11) is 0. The van der Waals surface area contributed by atoms with Crippen LogP contribution in [0.4, 0.5) is 0 Å². The average Bonchev–Trinajstić information content (AvgIpc) is 2.87. The molecule has 0 saturated carbocycles. The largest absolute Gasteiger partial charge is 0.287 e. The number of rotatable bonds is 2. The van der Waals surface area contributed by atoms with E-state index in [9.17, 15) is 4.79 Å². The molecule has 0 radical (unpaired) electrons. The number of ketones is 1. The van der Waals surface area contributed by atoms with Crippen molar-refractivity contribution < 1.29 is 4.79 Å². The van der Waals surface area contributed by atoms with Gasteiger partial charge in [0, 0.05) is 16.5 Å². The highest BCUT2D eigenvalue weighted by molar-refractivity contribution is 7.17. The van der Waals surface area contributed by atoms with Crippen molar-refractivity contribution in [3.05, 3.63) is 59.0 Å². The third kappa shape index (κ3) is 1.80. The quantitative estimate of drug-likeness (QED) is 0.659. The summed E-state index contributed by atoms with van der Waals surface area (Å²) in [6, 6.07) is 7.74. The van der Waals surface area contributed by atoms with Crippen LogP contribution in [0.3, 0.4) is 0 Å². The zero-order valence-electron chi connectivity index (χ0n) is 9.75. The van der Waals surface area contributed by atoms with E-state index in [1.807, 2.05) is 36.6 Å². The standard InChI is InChI=1S/C14H10N2OS/c1-9-7-16-12(8-15-9)13(17)11-4-2-3-10-5-6-18-14(10)11/h2-8H,1H3. The second kappa shape index (κ2) is 4.31. The van der Waals surface area contributed by atoms with Gasteiger partial charge in [0.15, 0.2) is 0 Å². The number of carbonyl (C=O) groups excluding carboxylic acids is 1. The van der Waals surface area contributed by atoms with E-state index >= 15 is 0 Å². The lowest BCUT2D eigenvalue weighted by molar-refractivity contribution is 0.103. The van der Waals surface area contributed by atoms with Crippen LogP contribution in [0, 0.1) is 6.92 Å². The molecular formula is C14H10N2OS. The first kappa shape index (κ1) is 11.0. The number of hydrogen-bond donors (Lipinski definition) is 0. The first-order valence-corrected chi connectivity index (χ1v) is 6.43. The number of hydrogen-bond acceptors (Lipinski definition) is 4. The van der Waals surface area contributed by atoms with Crippen LogP contribution in [-0.2, 0) is 0 Å². The minimum atomic E-state index is -0.0736. The fourth-order valence-corrected chi connectivity index (χ4v) is 2.73. The fourth-order valence-electron chi connectivity index (χ4n) is 1.82. The maximum Gasteiger partial charge on any atom is 0.214 e. The Morgan fingerprint density at radius 1 is 1.17 bits per heavy atom. The molecule has 0 aliphatic carbocycles. The zero-order chi connectivity index (χ0) is 12.5. The van der Waals surface area contributed by atoms with Crippen LogP contribution in [-0.4, -0.2) is 15.8 Å². The molecule has 88 valence electrons. The molecule has 1 aromatic carbocycles. The summed E-state index contributed by atoms with van der Waals surface area (Å²) >= 11 is 1.57. The Labute approximate surface area is 108 Å². The number of nitrogens with zero attached hydrogens (tertiary/aromatic N) is 2. The Morgan fingerprint density at radius 2 is 2.06 bits per heavy atom. The highest BCUT2D eigenvalue weighted by Crippen LogP contribution is 2.26. The number of carbonyl (C=O) groups is 1. The van der Waals surface area contributed by atoms with Crippen LogP contribution in [0.2, 0.25) is 0 Å². The van der Waals surface area contributed by atoms with Crippen molar-refractivity contribution in [2.75, 3.05) is 0 Å². The van der Waals surface area contributed by atoms with Crippen molar-refractivity contribution >= 4 is 27.2 Å². The first-order valence-electron chi connectivity index (χ1n) is 5.55. The Bertz CT molecular complexity index is 716. The molecular weight excluding hydrogens is 244 g/mol. The van der Waals surface area contributed by atoms with E-state index in [2.05, 4.69) is 9.97 Å². The monoisotopic (exact) mass is 254 g/mol. The lowest BCUT2D eigenvalue weighted by Crippen LogP contribution is -2.05. The Hall–Kier alpha value is -2.07. The molecule has 0 amide bonds. The molecule has 2 heterocycles. The smallest absolute Gasteiger partial charge is 0.214 e. The van der Waals surface area contributed by atoms with Crippen LogP contribution < -0.4 is 0 Å². The highest BCUT2D eigenvalue weighted by Gasteiger charge is 2.14. The summed E-state index contributed by atoms with van der Waals surface area (Å²) in [6.45, 7) is 1.85. The van der Waals surface area contributed by atoms with Gasteiger partial charge in [0.05, 0.1) is 11.9 Å². The van der Waals surface area contributed by atoms with Gasteiger partial charge in [-0.25, -0.2) is 4.98 Å². The normalized spacial score (nSPS) is 10.7. The van der Waals surface area contributed by atoms with Crippen molar-refractivity contribution in [2.45, 2.75) is 6.92 Å². The number of thiophene rings is 1. The first-order chi connectivity index (χ1) is 8.75. The topological polar surface area (TPSA) is 42.9 Å². The number of aryl methyl sites for hydroxylation is 1. The maximum atomic E-state index is 12.4. The Morgan fingerprint density at radius 3 is 2.83 bits per heavy atom. The predicted octanol–water partition coefficient (Wildman–Crippen LogP) is 3.23. The second-order valence-electron chi connectivity index (χ2n) is 4.02. The van der Waals surface area contributed by atoms with Crippen LogP contribution in [0.5, 0.6) is 0 Å². The van der Waals surface area contributed by atoms with Crippen LogP contribution in [0.25, 0.3) is 10.1 Å². The lowest BCUT2D eigenvalue weighted by Gasteiger charge is -2.02. The molecule has 0 bridgehead atoms. The molecule has 3 nitrogen and oxygen atoms in total. The van der Waals surface area contributed by atoms with E-state index in [0.29, 0.717) is 11.3 Å². The third-order valence-electron chi connectivity index (χ3n) is 2.74. The fraction of sp³-hybridized carbons (Fsp3) is 0.0714. The lowest BCUT2D eigenvalue weighted by atomic mass is 10.1. The van der Waals surface area contributed by atoms with E-state index in [1.165, 1.54) is 6.20 Å². The molecule has 0 unspecified atom stereocenters. The summed E-state index contributed by atoms with van der Waals surface area (Å²) in [5.74, 6) is -0.0736. The number of fused-ring (bicyclic) bond motifs is 1. The van der Waals surface area contributed by atoms with Crippen LogP contribution in [0.15, 0.2) is 42.0 Å². The van der Waals surface area contributed by atoms with E-state index in [-0.39, 0.29) is 5.78 Å². The molecule has 0 aliphatic rings. The molecule has 0 saturated heterocycles. The molecule has 18 heavy (non-hydrogen) atoms. The van der Waals surface area contributed by atoms with Gasteiger partial charge in [-0.3, -0.25) is 9.78 Å². The molecule has 4 heteroatoms. The van der Waals surface area contributed by atoms with Crippen molar-refractivity contribution in [2.24, 2.45) is 0 Å². The van der Waals surface area contributed by atoms with E-state index in [0.717, 1.165) is 15.8 Å². The van der Waals surface area contributed by atoms with E-state index in [4.69, 9.17) is 0 Å². The van der Waals surface area contributed by atoms with Gasteiger partial charge in [0.2, 0.25) is 5.78 Å². The van der Waals surface area contributed by atoms with Gasteiger partial charge < -0.3 is 0 Å². The highest BCUT2D eigenvalue weighted by atomic mass is 32.1. The summed E-state index contributed by atoms with van der Waals surface area (Å²) in [6.07, 6.45) is 3.14. The molecule has 0 N–H and O–H groups in total. The Kier molecular flexibility index (Phi) is 2.64. The van der Waals surface area contributed by atoms with Gasteiger partial charge >= 0.3 is 0 Å².